The van der Waals surface area contributed by atoms with E-state index in [4.69, 9.17) is 4.74 Å². The Bertz CT molecular complexity index is 245. The average Bonchev–Trinajstić information content (AvgIpc) is 3.11. The van der Waals surface area contributed by atoms with Gasteiger partial charge in [0.2, 0.25) is 0 Å². The summed E-state index contributed by atoms with van der Waals surface area (Å²) in [6.07, 6.45) is 5.41. The van der Waals surface area contributed by atoms with Gasteiger partial charge in [-0.3, -0.25) is 0 Å². The molecule has 1 unspecified atom stereocenters. The van der Waals surface area contributed by atoms with E-state index in [0.717, 1.165) is 25.7 Å². The van der Waals surface area contributed by atoms with E-state index in [0.29, 0.717) is 11.5 Å². The number of hydrogen-bond donors (Lipinski definition) is 1. The summed E-state index contributed by atoms with van der Waals surface area (Å²) in [5, 5.41) is 3.62. The summed E-state index contributed by atoms with van der Waals surface area (Å²) in [5.41, 5.74) is 0.339. The maximum absolute atomic E-state index is 5.77. The highest BCUT2D eigenvalue weighted by molar-refractivity contribution is 4.88. The van der Waals surface area contributed by atoms with Crippen molar-refractivity contribution in [3.63, 3.8) is 0 Å². The molecule has 0 amide bonds. The Morgan fingerprint density at radius 1 is 1.39 bits per heavy atom. The standard InChI is InChI=1S/C15H30N2O/c1-13(2)16-10-15(7-4-8-18-12-15)11-17(3)9-14-5-6-14/h13-14,16H,4-12H2,1-3H3. The molecule has 3 heteroatoms. The molecule has 1 heterocycles. The van der Waals surface area contributed by atoms with Gasteiger partial charge in [0.15, 0.2) is 0 Å². The first-order valence-corrected chi connectivity index (χ1v) is 7.59. The molecule has 2 rings (SSSR count). The van der Waals surface area contributed by atoms with Crippen LogP contribution < -0.4 is 5.32 Å². The zero-order valence-electron chi connectivity index (χ0n) is 12.4. The summed E-state index contributed by atoms with van der Waals surface area (Å²) in [4.78, 5) is 2.54. The third-order valence-electron chi connectivity index (χ3n) is 4.16. The lowest BCUT2D eigenvalue weighted by molar-refractivity contribution is -0.0239. The Morgan fingerprint density at radius 2 is 2.17 bits per heavy atom. The number of nitrogens with one attached hydrogen (secondary N) is 1. The third kappa shape index (κ3) is 4.52. The Hall–Kier alpha value is -0.120. The maximum Gasteiger partial charge on any atom is 0.0546 e. The van der Waals surface area contributed by atoms with Crippen molar-refractivity contribution in [3.05, 3.63) is 0 Å². The molecule has 106 valence electrons. The van der Waals surface area contributed by atoms with Crippen molar-refractivity contribution in [2.24, 2.45) is 11.3 Å². The van der Waals surface area contributed by atoms with Crippen LogP contribution in [-0.4, -0.2) is 50.8 Å². The fraction of sp³-hybridized carbons (Fsp3) is 1.00. The second kappa shape index (κ2) is 6.36. The molecule has 0 spiro atoms. The molecule has 0 aromatic heterocycles. The van der Waals surface area contributed by atoms with E-state index in [1.54, 1.807) is 0 Å². The van der Waals surface area contributed by atoms with Gasteiger partial charge in [0.25, 0.3) is 0 Å². The summed E-state index contributed by atoms with van der Waals surface area (Å²) in [5.74, 6) is 0.981. The summed E-state index contributed by atoms with van der Waals surface area (Å²) >= 11 is 0. The quantitative estimate of drug-likeness (QED) is 0.753. The zero-order chi connectivity index (χ0) is 13.0. The van der Waals surface area contributed by atoms with Gasteiger partial charge in [0, 0.05) is 37.7 Å². The first-order valence-electron chi connectivity index (χ1n) is 7.59. The predicted molar refractivity (Wildman–Crippen MR) is 75.8 cm³/mol. The minimum Gasteiger partial charge on any atom is -0.381 e. The molecular weight excluding hydrogens is 224 g/mol. The van der Waals surface area contributed by atoms with Crippen LogP contribution in [0.1, 0.15) is 39.5 Å². The highest BCUT2D eigenvalue weighted by Crippen LogP contribution is 2.33. The van der Waals surface area contributed by atoms with Gasteiger partial charge >= 0.3 is 0 Å². The maximum atomic E-state index is 5.77. The number of hydrogen-bond acceptors (Lipinski definition) is 3. The Balaban J connectivity index is 1.85. The van der Waals surface area contributed by atoms with Crippen molar-refractivity contribution in [2.45, 2.75) is 45.6 Å². The van der Waals surface area contributed by atoms with E-state index >= 15 is 0 Å². The third-order valence-corrected chi connectivity index (χ3v) is 4.16. The van der Waals surface area contributed by atoms with E-state index < -0.39 is 0 Å². The van der Waals surface area contributed by atoms with Crippen LogP contribution in [0.25, 0.3) is 0 Å². The van der Waals surface area contributed by atoms with Gasteiger partial charge in [-0.1, -0.05) is 13.8 Å². The van der Waals surface area contributed by atoms with Gasteiger partial charge in [-0.15, -0.1) is 0 Å². The summed E-state index contributed by atoms with van der Waals surface area (Å²) < 4.78 is 5.77. The van der Waals surface area contributed by atoms with Gasteiger partial charge in [-0.05, 0) is 38.6 Å². The van der Waals surface area contributed by atoms with Crippen LogP contribution in [-0.2, 0) is 4.74 Å². The van der Waals surface area contributed by atoms with Gasteiger partial charge in [-0.2, -0.15) is 0 Å². The van der Waals surface area contributed by atoms with Crippen LogP contribution in [0, 0.1) is 11.3 Å². The Kier molecular flexibility index (Phi) is 5.05. The monoisotopic (exact) mass is 254 g/mol. The molecule has 0 aromatic carbocycles. The molecule has 1 aliphatic carbocycles. The van der Waals surface area contributed by atoms with Gasteiger partial charge in [0.05, 0.1) is 6.61 Å². The first kappa shape index (κ1) is 14.3. The highest BCUT2D eigenvalue weighted by atomic mass is 16.5. The predicted octanol–water partition coefficient (Wildman–Crippen LogP) is 2.12. The van der Waals surface area contributed by atoms with Crippen molar-refractivity contribution in [2.75, 3.05) is 39.9 Å². The minimum absolute atomic E-state index is 0.339. The second-order valence-electron chi connectivity index (χ2n) is 6.83. The van der Waals surface area contributed by atoms with Crippen LogP contribution in [0.4, 0.5) is 0 Å². The molecule has 2 fully saturated rings. The summed E-state index contributed by atoms with van der Waals surface area (Å²) in [6.45, 7) is 9.90. The fourth-order valence-electron chi connectivity index (χ4n) is 3.03. The normalized spacial score (nSPS) is 29.2. The summed E-state index contributed by atoms with van der Waals surface area (Å²) in [6, 6.07) is 0.567. The highest BCUT2D eigenvalue weighted by Gasteiger charge is 2.35. The lowest BCUT2D eigenvalue weighted by Gasteiger charge is -2.40. The number of ether oxygens (including phenoxy) is 1. The van der Waals surface area contributed by atoms with Crippen molar-refractivity contribution < 1.29 is 4.74 Å². The minimum atomic E-state index is 0.339. The fourth-order valence-corrected chi connectivity index (χ4v) is 3.03. The van der Waals surface area contributed by atoms with Crippen LogP contribution in [0.15, 0.2) is 0 Å². The van der Waals surface area contributed by atoms with E-state index in [-0.39, 0.29) is 0 Å². The molecule has 0 aromatic rings. The molecule has 2 aliphatic rings. The van der Waals surface area contributed by atoms with Crippen LogP contribution in [0.5, 0.6) is 0 Å². The van der Waals surface area contributed by atoms with Crippen LogP contribution in [0.3, 0.4) is 0 Å². The van der Waals surface area contributed by atoms with Crippen LogP contribution in [0.2, 0.25) is 0 Å². The van der Waals surface area contributed by atoms with Crippen molar-refractivity contribution in [1.29, 1.82) is 0 Å². The lowest BCUT2D eigenvalue weighted by atomic mass is 9.81. The molecule has 3 nitrogen and oxygen atoms in total. The van der Waals surface area contributed by atoms with E-state index in [2.05, 4.69) is 31.1 Å². The van der Waals surface area contributed by atoms with E-state index in [9.17, 15) is 0 Å². The average molecular weight is 254 g/mol. The van der Waals surface area contributed by atoms with Gasteiger partial charge < -0.3 is 15.0 Å². The molecular formula is C15H30N2O. The van der Waals surface area contributed by atoms with Crippen LogP contribution >= 0.6 is 0 Å². The Labute approximate surface area is 112 Å². The Morgan fingerprint density at radius 3 is 2.72 bits per heavy atom. The molecule has 1 saturated carbocycles. The molecule has 1 aliphatic heterocycles. The number of nitrogens with zero attached hydrogens (tertiary/aromatic N) is 1. The van der Waals surface area contributed by atoms with Gasteiger partial charge in [-0.25, -0.2) is 0 Å². The molecule has 0 bridgehead atoms. The largest absolute Gasteiger partial charge is 0.381 e. The first-order chi connectivity index (χ1) is 8.60. The molecule has 1 saturated heterocycles. The lowest BCUT2D eigenvalue weighted by Crippen LogP contribution is -2.49. The molecule has 1 atom stereocenters. The molecule has 0 radical (unpaired) electrons. The number of rotatable bonds is 7. The van der Waals surface area contributed by atoms with Crippen molar-refractivity contribution >= 4 is 0 Å². The van der Waals surface area contributed by atoms with Gasteiger partial charge in [0.1, 0.15) is 0 Å². The molecule has 1 N–H and O–H groups in total. The second-order valence-corrected chi connectivity index (χ2v) is 6.83. The van der Waals surface area contributed by atoms with Crippen molar-refractivity contribution in [3.8, 4) is 0 Å². The smallest absolute Gasteiger partial charge is 0.0546 e. The summed E-state index contributed by atoms with van der Waals surface area (Å²) in [7, 11) is 2.28. The van der Waals surface area contributed by atoms with E-state index in [1.807, 2.05) is 0 Å². The SMILES string of the molecule is CC(C)NCC1(CN(C)CC2CC2)CCCOC1. The van der Waals surface area contributed by atoms with E-state index in [1.165, 1.54) is 38.8 Å². The topological polar surface area (TPSA) is 24.5 Å². The zero-order valence-corrected chi connectivity index (χ0v) is 12.4. The molecule has 18 heavy (non-hydrogen) atoms. The van der Waals surface area contributed by atoms with Crippen molar-refractivity contribution in [1.82, 2.24) is 10.2 Å².